The van der Waals surface area contributed by atoms with Crippen molar-refractivity contribution in [2.75, 3.05) is 13.1 Å². The molecule has 3 rings (SSSR count). The summed E-state index contributed by atoms with van der Waals surface area (Å²) in [5.74, 6) is 1.94. The van der Waals surface area contributed by atoms with Gasteiger partial charge in [0.25, 0.3) is 0 Å². The number of aromatic amines is 1. The van der Waals surface area contributed by atoms with Gasteiger partial charge in [0, 0.05) is 29.8 Å². The predicted octanol–water partition coefficient (Wildman–Crippen LogP) is 2.47. The van der Waals surface area contributed by atoms with E-state index in [0.29, 0.717) is 17.7 Å². The fraction of sp³-hybridized carbons (Fsp3) is 0.667. The van der Waals surface area contributed by atoms with Gasteiger partial charge in [0.15, 0.2) is 0 Å². The zero-order valence-corrected chi connectivity index (χ0v) is 13.0. The van der Waals surface area contributed by atoms with E-state index in [-0.39, 0.29) is 5.41 Å². The van der Waals surface area contributed by atoms with Crippen molar-refractivity contribution in [3.63, 3.8) is 0 Å². The number of nitrogens with zero attached hydrogens (tertiary/aromatic N) is 4. The zero-order chi connectivity index (χ0) is 14.9. The summed E-state index contributed by atoms with van der Waals surface area (Å²) in [7, 11) is 0. The second-order valence-electron chi connectivity index (χ2n) is 6.84. The first-order valence-electron chi connectivity index (χ1n) is 7.57. The maximum absolute atomic E-state index is 5.79. The second-order valence-corrected chi connectivity index (χ2v) is 6.84. The highest BCUT2D eigenvalue weighted by molar-refractivity contribution is 5.07. The third-order valence-electron chi connectivity index (χ3n) is 3.93. The van der Waals surface area contributed by atoms with E-state index in [1.54, 1.807) is 0 Å². The Morgan fingerprint density at radius 2 is 2.24 bits per heavy atom. The number of piperidine rings is 1. The molecule has 3 heterocycles. The van der Waals surface area contributed by atoms with Crippen molar-refractivity contribution in [2.24, 2.45) is 0 Å². The predicted molar refractivity (Wildman–Crippen MR) is 78.8 cm³/mol. The molecule has 21 heavy (non-hydrogen) atoms. The molecule has 1 aliphatic heterocycles. The standard InChI is InChI=1S/C15H23N5O/c1-15(2,3)14-19-18-13(21-14)10-20-8-4-5-11(9-20)12-6-7-16-17-12/h6-7,11H,4-5,8-10H2,1-3H3,(H,16,17)/t11-/m0/s1. The van der Waals surface area contributed by atoms with E-state index in [0.717, 1.165) is 19.6 Å². The van der Waals surface area contributed by atoms with Gasteiger partial charge in [-0.15, -0.1) is 10.2 Å². The second kappa shape index (κ2) is 5.60. The van der Waals surface area contributed by atoms with Crippen LogP contribution in [0.3, 0.4) is 0 Å². The minimum absolute atomic E-state index is 0.0917. The molecule has 0 amide bonds. The Kier molecular flexibility index (Phi) is 3.80. The van der Waals surface area contributed by atoms with Gasteiger partial charge in [-0.1, -0.05) is 20.8 Å². The molecule has 0 spiro atoms. The first-order valence-corrected chi connectivity index (χ1v) is 7.57. The number of hydrogen-bond donors (Lipinski definition) is 1. The molecule has 0 aliphatic carbocycles. The molecule has 6 nitrogen and oxygen atoms in total. The van der Waals surface area contributed by atoms with Crippen LogP contribution >= 0.6 is 0 Å². The highest BCUT2D eigenvalue weighted by Gasteiger charge is 2.25. The molecule has 2 aromatic rings. The Labute approximate surface area is 124 Å². The first kappa shape index (κ1) is 14.3. The van der Waals surface area contributed by atoms with Crippen LogP contribution in [0.1, 0.15) is 57.0 Å². The summed E-state index contributed by atoms with van der Waals surface area (Å²) < 4.78 is 5.79. The van der Waals surface area contributed by atoms with Gasteiger partial charge >= 0.3 is 0 Å². The average Bonchev–Trinajstić information content (AvgIpc) is 3.09. The average molecular weight is 289 g/mol. The third-order valence-corrected chi connectivity index (χ3v) is 3.93. The van der Waals surface area contributed by atoms with E-state index in [1.165, 1.54) is 18.5 Å². The number of hydrogen-bond acceptors (Lipinski definition) is 5. The third kappa shape index (κ3) is 3.32. The summed E-state index contributed by atoms with van der Waals surface area (Å²) in [6.45, 7) is 9.07. The van der Waals surface area contributed by atoms with Crippen molar-refractivity contribution in [3.05, 3.63) is 29.7 Å². The first-order chi connectivity index (χ1) is 10.0. The molecule has 1 aliphatic rings. The molecule has 114 valence electrons. The molecular weight excluding hydrogens is 266 g/mol. The molecule has 1 fully saturated rings. The van der Waals surface area contributed by atoms with Gasteiger partial charge in [-0.2, -0.15) is 5.10 Å². The van der Waals surface area contributed by atoms with E-state index in [9.17, 15) is 0 Å². The Bertz CT molecular complexity index is 569. The van der Waals surface area contributed by atoms with Crippen molar-refractivity contribution >= 4 is 0 Å². The lowest BCUT2D eigenvalue weighted by atomic mass is 9.95. The smallest absolute Gasteiger partial charge is 0.230 e. The van der Waals surface area contributed by atoms with Gasteiger partial charge in [-0.3, -0.25) is 10.00 Å². The molecule has 0 saturated carbocycles. The number of aromatic nitrogens is 4. The molecule has 0 bridgehead atoms. The van der Waals surface area contributed by atoms with Gasteiger partial charge in [0.1, 0.15) is 0 Å². The Balaban J connectivity index is 1.63. The van der Waals surface area contributed by atoms with E-state index < -0.39 is 0 Å². The lowest BCUT2D eigenvalue weighted by Gasteiger charge is -2.31. The maximum atomic E-state index is 5.79. The van der Waals surface area contributed by atoms with Crippen LogP contribution in [0.4, 0.5) is 0 Å². The lowest BCUT2D eigenvalue weighted by molar-refractivity contribution is 0.179. The Hall–Kier alpha value is -1.69. The summed E-state index contributed by atoms with van der Waals surface area (Å²) in [6.07, 6.45) is 4.21. The van der Waals surface area contributed by atoms with Gasteiger partial charge in [-0.05, 0) is 25.5 Å². The molecular formula is C15H23N5O. The maximum Gasteiger partial charge on any atom is 0.230 e. The Morgan fingerprint density at radius 1 is 1.38 bits per heavy atom. The van der Waals surface area contributed by atoms with E-state index >= 15 is 0 Å². The van der Waals surface area contributed by atoms with Crippen molar-refractivity contribution < 1.29 is 4.42 Å². The fourth-order valence-electron chi connectivity index (χ4n) is 2.76. The minimum Gasteiger partial charge on any atom is -0.423 e. The van der Waals surface area contributed by atoms with Crippen molar-refractivity contribution in [1.29, 1.82) is 0 Å². The molecule has 0 unspecified atom stereocenters. The molecule has 1 N–H and O–H groups in total. The van der Waals surface area contributed by atoms with Crippen LogP contribution in [0.15, 0.2) is 16.7 Å². The summed E-state index contributed by atoms with van der Waals surface area (Å²) in [5, 5.41) is 15.5. The lowest BCUT2D eigenvalue weighted by Crippen LogP contribution is -2.34. The summed E-state index contributed by atoms with van der Waals surface area (Å²) in [6, 6.07) is 2.07. The largest absolute Gasteiger partial charge is 0.423 e. The highest BCUT2D eigenvalue weighted by atomic mass is 16.4. The molecule has 0 aromatic carbocycles. The van der Waals surface area contributed by atoms with Crippen LogP contribution in [0, 0.1) is 0 Å². The van der Waals surface area contributed by atoms with E-state index in [1.807, 2.05) is 6.20 Å². The molecule has 2 aromatic heterocycles. The summed E-state index contributed by atoms with van der Waals surface area (Å²) >= 11 is 0. The van der Waals surface area contributed by atoms with Gasteiger partial charge in [0.2, 0.25) is 11.8 Å². The zero-order valence-electron chi connectivity index (χ0n) is 13.0. The van der Waals surface area contributed by atoms with Gasteiger partial charge in [0.05, 0.1) is 6.54 Å². The molecule has 1 atom stereocenters. The normalized spacial score (nSPS) is 20.8. The number of likely N-dealkylation sites (tertiary alicyclic amines) is 1. The monoisotopic (exact) mass is 289 g/mol. The Morgan fingerprint density at radius 3 is 2.90 bits per heavy atom. The van der Waals surface area contributed by atoms with Crippen molar-refractivity contribution in [2.45, 2.75) is 51.5 Å². The number of nitrogens with one attached hydrogen (secondary N) is 1. The molecule has 1 saturated heterocycles. The SMILES string of the molecule is CC(C)(C)c1nnc(CN2CCC[C@H](c3ccn[nH]3)C2)o1. The van der Waals surface area contributed by atoms with Crippen LogP contribution in [0.2, 0.25) is 0 Å². The topological polar surface area (TPSA) is 70.8 Å². The number of rotatable bonds is 3. The summed E-state index contributed by atoms with van der Waals surface area (Å²) in [4.78, 5) is 2.38. The van der Waals surface area contributed by atoms with Crippen LogP contribution < -0.4 is 0 Å². The molecule has 0 radical (unpaired) electrons. The van der Waals surface area contributed by atoms with Crippen LogP contribution in [0.5, 0.6) is 0 Å². The van der Waals surface area contributed by atoms with Crippen molar-refractivity contribution in [1.82, 2.24) is 25.3 Å². The quantitative estimate of drug-likeness (QED) is 0.940. The van der Waals surface area contributed by atoms with Crippen LogP contribution in [-0.4, -0.2) is 38.4 Å². The van der Waals surface area contributed by atoms with E-state index in [4.69, 9.17) is 4.42 Å². The molecule has 6 heteroatoms. The minimum atomic E-state index is -0.0917. The van der Waals surface area contributed by atoms with Crippen LogP contribution in [-0.2, 0) is 12.0 Å². The highest BCUT2D eigenvalue weighted by Crippen LogP contribution is 2.26. The van der Waals surface area contributed by atoms with Crippen LogP contribution in [0.25, 0.3) is 0 Å². The number of H-pyrrole nitrogens is 1. The fourth-order valence-corrected chi connectivity index (χ4v) is 2.76. The van der Waals surface area contributed by atoms with Gasteiger partial charge in [-0.25, -0.2) is 0 Å². The summed E-state index contributed by atoms with van der Waals surface area (Å²) in [5.41, 5.74) is 1.13. The van der Waals surface area contributed by atoms with E-state index in [2.05, 4.69) is 52.1 Å². The van der Waals surface area contributed by atoms with Gasteiger partial charge < -0.3 is 4.42 Å². The van der Waals surface area contributed by atoms with Crippen molar-refractivity contribution in [3.8, 4) is 0 Å².